The lowest BCUT2D eigenvalue weighted by Gasteiger charge is -2.28. The summed E-state index contributed by atoms with van der Waals surface area (Å²) in [6.07, 6.45) is 5.19. The maximum atomic E-state index is 6.02. The summed E-state index contributed by atoms with van der Waals surface area (Å²) < 4.78 is 12.0. The van der Waals surface area contributed by atoms with Crippen LogP contribution in [0.25, 0.3) is 0 Å². The Bertz CT molecular complexity index is 479. The minimum atomic E-state index is 0.386. The molecule has 2 nitrogen and oxygen atoms in total. The summed E-state index contributed by atoms with van der Waals surface area (Å²) in [6, 6.07) is 20.8. The number of rotatable bonds is 6. The van der Waals surface area contributed by atoms with E-state index < -0.39 is 0 Å². The van der Waals surface area contributed by atoms with Crippen molar-refractivity contribution >= 4 is 0 Å². The van der Waals surface area contributed by atoms with E-state index in [1.54, 1.807) is 0 Å². The van der Waals surface area contributed by atoms with Crippen LogP contribution in [0, 0.1) is 0 Å². The average molecular weight is 296 g/mol. The third-order valence-electron chi connectivity index (χ3n) is 4.28. The van der Waals surface area contributed by atoms with Gasteiger partial charge < -0.3 is 9.47 Å². The van der Waals surface area contributed by atoms with Crippen LogP contribution in [0.3, 0.4) is 0 Å². The van der Waals surface area contributed by atoms with Gasteiger partial charge in [0, 0.05) is 0 Å². The summed E-state index contributed by atoms with van der Waals surface area (Å²) in [5, 5.41) is 0. The highest BCUT2D eigenvalue weighted by Crippen LogP contribution is 2.25. The molecular weight excluding hydrogens is 272 g/mol. The Balaban J connectivity index is 1.35. The highest BCUT2D eigenvalue weighted by atomic mass is 16.5. The van der Waals surface area contributed by atoms with Crippen LogP contribution in [0.15, 0.2) is 60.7 Å². The molecule has 116 valence electrons. The van der Waals surface area contributed by atoms with Gasteiger partial charge in [0.25, 0.3) is 0 Å². The first-order valence-corrected chi connectivity index (χ1v) is 8.21. The van der Waals surface area contributed by atoms with Gasteiger partial charge in [0.05, 0.1) is 25.4 Å². The fraction of sp³-hybridized carbons (Fsp3) is 0.400. The van der Waals surface area contributed by atoms with Crippen molar-refractivity contribution in [3.05, 3.63) is 71.8 Å². The van der Waals surface area contributed by atoms with E-state index in [0.29, 0.717) is 12.2 Å². The second kappa shape index (κ2) is 8.11. The quantitative estimate of drug-likeness (QED) is 0.767. The molecular formula is C20H24O2. The Morgan fingerprint density at radius 1 is 0.591 bits per heavy atom. The molecule has 1 aliphatic carbocycles. The second-order valence-corrected chi connectivity index (χ2v) is 5.99. The smallest absolute Gasteiger partial charge is 0.0720 e. The SMILES string of the molecule is c1ccc(COC2CCC(OCc3ccccc3)CC2)cc1. The zero-order valence-electron chi connectivity index (χ0n) is 13.0. The van der Waals surface area contributed by atoms with E-state index in [2.05, 4.69) is 48.5 Å². The summed E-state index contributed by atoms with van der Waals surface area (Å²) in [6.45, 7) is 1.45. The number of hydrogen-bond donors (Lipinski definition) is 0. The third-order valence-corrected chi connectivity index (χ3v) is 4.28. The van der Waals surface area contributed by atoms with E-state index in [1.807, 2.05) is 12.1 Å². The first kappa shape index (κ1) is 15.3. The summed E-state index contributed by atoms with van der Waals surface area (Å²) in [5.74, 6) is 0. The Morgan fingerprint density at radius 2 is 0.955 bits per heavy atom. The number of benzene rings is 2. The van der Waals surface area contributed by atoms with E-state index in [9.17, 15) is 0 Å². The van der Waals surface area contributed by atoms with Crippen LogP contribution in [-0.4, -0.2) is 12.2 Å². The van der Waals surface area contributed by atoms with Gasteiger partial charge in [0.15, 0.2) is 0 Å². The van der Waals surface area contributed by atoms with Crippen molar-refractivity contribution in [2.75, 3.05) is 0 Å². The molecule has 0 aliphatic heterocycles. The lowest BCUT2D eigenvalue weighted by atomic mass is 9.95. The van der Waals surface area contributed by atoms with Gasteiger partial charge in [-0.2, -0.15) is 0 Å². The van der Waals surface area contributed by atoms with Gasteiger partial charge in [-0.1, -0.05) is 60.7 Å². The third kappa shape index (κ3) is 4.69. The van der Waals surface area contributed by atoms with E-state index >= 15 is 0 Å². The topological polar surface area (TPSA) is 18.5 Å². The Morgan fingerprint density at radius 3 is 1.32 bits per heavy atom. The van der Waals surface area contributed by atoms with Crippen LogP contribution < -0.4 is 0 Å². The van der Waals surface area contributed by atoms with E-state index in [0.717, 1.165) is 38.9 Å². The molecule has 1 fully saturated rings. The van der Waals surface area contributed by atoms with Crippen molar-refractivity contribution in [1.82, 2.24) is 0 Å². The largest absolute Gasteiger partial charge is 0.374 e. The van der Waals surface area contributed by atoms with Crippen molar-refractivity contribution in [2.24, 2.45) is 0 Å². The highest BCUT2D eigenvalue weighted by Gasteiger charge is 2.22. The maximum absolute atomic E-state index is 6.02. The van der Waals surface area contributed by atoms with Crippen molar-refractivity contribution in [3.8, 4) is 0 Å². The molecule has 3 rings (SSSR count). The predicted molar refractivity (Wildman–Crippen MR) is 88.5 cm³/mol. The van der Waals surface area contributed by atoms with Crippen LogP contribution in [0.2, 0.25) is 0 Å². The van der Waals surface area contributed by atoms with E-state index in [1.165, 1.54) is 11.1 Å². The van der Waals surface area contributed by atoms with Gasteiger partial charge >= 0.3 is 0 Å². The molecule has 0 unspecified atom stereocenters. The Kier molecular flexibility index (Phi) is 5.63. The van der Waals surface area contributed by atoms with Crippen molar-refractivity contribution in [3.63, 3.8) is 0 Å². The molecule has 0 radical (unpaired) electrons. The maximum Gasteiger partial charge on any atom is 0.0720 e. The fourth-order valence-corrected chi connectivity index (χ4v) is 2.94. The van der Waals surface area contributed by atoms with Crippen molar-refractivity contribution in [1.29, 1.82) is 0 Å². The molecule has 0 heterocycles. The molecule has 2 aromatic rings. The van der Waals surface area contributed by atoms with Gasteiger partial charge in [-0.05, 0) is 36.8 Å². The molecule has 2 aromatic carbocycles. The first-order chi connectivity index (χ1) is 10.9. The van der Waals surface area contributed by atoms with Gasteiger partial charge in [0.2, 0.25) is 0 Å². The monoisotopic (exact) mass is 296 g/mol. The fourth-order valence-electron chi connectivity index (χ4n) is 2.94. The van der Waals surface area contributed by atoms with E-state index in [4.69, 9.17) is 9.47 Å². The van der Waals surface area contributed by atoms with Gasteiger partial charge in [0.1, 0.15) is 0 Å². The molecule has 2 heteroatoms. The van der Waals surface area contributed by atoms with Gasteiger partial charge in [-0.25, -0.2) is 0 Å². The lowest BCUT2D eigenvalue weighted by Crippen LogP contribution is -2.26. The molecule has 0 bridgehead atoms. The average Bonchev–Trinajstić information content (AvgIpc) is 2.61. The number of hydrogen-bond acceptors (Lipinski definition) is 2. The standard InChI is InChI=1S/C20H24O2/c1-3-7-17(8-4-1)15-21-19-11-13-20(14-12-19)22-16-18-9-5-2-6-10-18/h1-10,19-20H,11-16H2. The molecule has 0 N–H and O–H groups in total. The molecule has 22 heavy (non-hydrogen) atoms. The predicted octanol–water partition coefficient (Wildman–Crippen LogP) is 4.73. The normalized spacial score (nSPS) is 21.6. The Hall–Kier alpha value is -1.64. The molecule has 0 amide bonds. The molecule has 1 saturated carbocycles. The minimum Gasteiger partial charge on any atom is -0.374 e. The van der Waals surface area contributed by atoms with E-state index in [-0.39, 0.29) is 0 Å². The summed E-state index contributed by atoms with van der Waals surface area (Å²) in [4.78, 5) is 0. The van der Waals surface area contributed by atoms with Crippen LogP contribution in [-0.2, 0) is 22.7 Å². The van der Waals surface area contributed by atoms with Gasteiger partial charge in [-0.3, -0.25) is 0 Å². The first-order valence-electron chi connectivity index (χ1n) is 8.21. The van der Waals surface area contributed by atoms with Crippen molar-refractivity contribution in [2.45, 2.75) is 51.1 Å². The van der Waals surface area contributed by atoms with Crippen LogP contribution in [0.1, 0.15) is 36.8 Å². The van der Waals surface area contributed by atoms with Crippen molar-refractivity contribution < 1.29 is 9.47 Å². The second-order valence-electron chi connectivity index (χ2n) is 5.99. The molecule has 0 atom stereocenters. The summed E-state index contributed by atoms with van der Waals surface area (Å²) in [5.41, 5.74) is 2.51. The molecule has 1 aliphatic rings. The highest BCUT2D eigenvalue weighted by molar-refractivity contribution is 5.14. The molecule has 0 spiro atoms. The Labute approximate surface area is 133 Å². The number of ether oxygens (including phenoxy) is 2. The zero-order chi connectivity index (χ0) is 15.0. The minimum absolute atomic E-state index is 0.386. The zero-order valence-corrected chi connectivity index (χ0v) is 13.0. The molecule has 0 saturated heterocycles. The summed E-state index contributed by atoms with van der Waals surface area (Å²) in [7, 11) is 0. The summed E-state index contributed by atoms with van der Waals surface area (Å²) >= 11 is 0. The van der Waals surface area contributed by atoms with Crippen LogP contribution in [0.4, 0.5) is 0 Å². The van der Waals surface area contributed by atoms with Crippen LogP contribution >= 0.6 is 0 Å². The molecule has 0 aromatic heterocycles. The van der Waals surface area contributed by atoms with Gasteiger partial charge in [-0.15, -0.1) is 0 Å². The lowest BCUT2D eigenvalue weighted by molar-refractivity contribution is -0.0419. The van der Waals surface area contributed by atoms with Crippen LogP contribution in [0.5, 0.6) is 0 Å².